The van der Waals surface area contributed by atoms with Crippen LogP contribution >= 0.6 is 0 Å². The molecular weight excluding hydrogens is 458 g/mol. The number of aliphatic hydroxyl groups excluding tert-OH is 1. The van der Waals surface area contributed by atoms with Gasteiger partial charge in [0.2, 0.25) is 5.78 Å². The molecule has 0 fully saturated rings. The van der Waals surface area contributed by atoms with E-state index in [2.05, 4.69) is 0 Å². The van der Waals surface area contributed by atoms with Crippen LogP contribution in [-0.4, -0.2) is 31.0 Å². The normalized spacial score (nSPS) is 15.6. The van der Waals surface area contributed by atoms with Gasteiger partial charge in [-0.05, 0) is 66.9 Å². The largest absolute Gasteiger partial charge is 0.503 e. The summed E-state index contributed by atoms with van der Waals surface area (Å²) in [5.41, 5.74) is 3.50. The molecule has 0 radical (unpaired) electrons. The van der Waals surface area contributed by atoms with E-state index in [9.17, 15) is 14.7 Å². The van der Waals surface area contributed by atoms with E-state index in [1.165, 1.54) is 12.0 Å². The van der Waals surface area contributed by atoms with Gasteiger partial charge in [-0.15, -0.1) is 0 Å². The third kappa shape index (κ3) is 3.79. The zero-order chi connectivity index (χ0) is 25.6. The number of anilines is 1. The molecule has 1 aliphatic rings. The molecule has 1 unspecified atom stereocenters. The van der Waals surface area contributed by atoms with E-state index in [1.807, 2.05) is 32.0 Å². The average molecular weight is 484 g/mol. The van der Waals surface area contributed by atoms with Gasteiger partial charge in [0.15, 0.2) is 22.9 Å². The molecule has 5 rings (SSSR count). The number of para-hydroxylation sites is 1. The van der Waals surface area contributed by atoms with Crippen molar-refractivity contribution in [3.05, 3.63) is 101 Å². The number of benzene rings is 3. The number of hydrogen-bond donors (Lipinski definition) is 1. The number of aliphatic hydroxyl groups is 1. The number of ketones is 1. The summed E-state index contributed by atoms with van der Waals surface area (Å²) in [6, 6.07) is 18.8. The summed E-state index contributed by atoms with van der Waals surface area (Å²) in [4.78, 5) is 28.7. The molecule has 1 amide bonds. The van der Waals surface area contributed by atoms with Crippen LogP contribution in [0.4, 0.5) is 5.69 Å². The maximum Gasteiger partial charge on any atom is 0.294 e. The topological polar surface area (TPSA) is 89.2 Å². The Hall–Kier alpha value is -4.52. The van der Waals surface area contributed by atoms with Crippen molar-refractivity contribution in [2.24, 2.45) is 0 Å². The molecular formula is C29H25NO6. The highest BCUT2D eigenvalue weighted by Crippen LogP contribution is 2.43. The third-order valence-corrected chi connectivity index (χ3v) is 6.32. The van der Waals surface area contributed by atoms with Crippen molar-refractivity contribution in [3.63, 3.8) is 0 Å². The van der Waals surface area contributed by atoms with Crippen molar-refractivity contribution >= 4 is 28.3 Å². The summed E-state index contributed by atoms with van der Waals surface area (Å²) in [6.07, 6.45) is 0. The molecule has 2 heterocycles. The van der Waals surface area contributed by atoms with Crippen molar-refractivity contribution < 1.29 is 28.6 Å². The van der Waals surface area contributed by atoms with Crippen LogP contribution in [0.2, 0.25) is 0 Å². The predicted molar refractivity (Wildman–Crippen MR) is 136 cm³/mol. The molecule has 3 aromatic carbocycles. The minimum atomic E-state index is -0.868. The second-order valence-corrected chi connectivity index (χ2v) is 8.78. The summed E-state index contributed by atoms with van der Waals surface area (Å²) < 4.78 is 16.5. The van der Waals surface area contributed by atoms with Gasteiger partial charge in [0, 0.05) is 11.1 Å². The Morgan fingerprint density at radius 3 is 2.28 bits per heavy atom. The number of hydrogen-bond acceptors (Lipinski definition) is 6. The van der Waals surface area contributed by atoms with E-state index < -0.39 is 23.5 Å². The van der Waals surface area contributed by atoms with Gasteiger partial charge in [-0.1, -0.05) is 30.3 Å². The number of amides is 1. The molecule has 1 atom stereocenters. The van der Waals surface area contributed by atoms with Crippen LogP contribution in [0, 0.1) is 13.8 Å². The number of carbonyl (C=O) groups excluding carboxylic acids is 2. The van der Waals surface area contributed by atoms with Gasteiger partial charge >= 0.3 is 0 Å². The van der Waals surface area contributed by atoms with Crippen molar-refractivity contribution in [2.75, 3.05) is 19.1 Å². The molecule has 182 valence electrons. The lowest BCUT2D eigenvalue weighted by molar-refractivity contribution is -0.117. The lowest BCUT2D eigenvalue weighted by Crippen LogP contribution is -2.31. The summed E-state index contributed by atoms with van der Waals surface area (Å²) in [5, 5.41) is 11.7. The third-order valence-electron chi connectivity index (χ3n) is 6.32. The first kappa shape index (κ1) is 23.2. The maximum atomic E-state index is 13.8. The molecule has 36 heavy (non-hydrogen) atoms. The molecule has 7 nitrogen and oxygen atoms in total. The summed E-state index contributed by atoms with van der Waals surface area (Å²) in [7, 11) is 3.08. The van der Waals surface area contributed by atoms with Crippen LogP contribution in [0.5, 0.6) is 11.5 Å². The smallest absolute Gasteiger partial charge is 0.294 e. The molecule has 0 aliphatic carbocycles. The monoisotopic (exact) mass is 483 g/mol. The van der Waals surface area contributed by atoms with Gasteiger partial charge in [0.05, 0.1) is 25.8 Å². The first-order valence-corrected chi connectivity index (χ1v) is 11.4. The minimum absolute atomic E-state index is 0.00429. The SMILES string of the molecule is COc1ccc(C2C(C(=O)c3cc4cccc(OC)c4o3)=C(O)C(=O)N2c2cc(C)cc(C)c2)cc1. The first-order valence-electron chi connectivity index (χ1n) is 11.4. The number of carbonyl (C=O) groups is 2. The van der Waals surface area contributed by atoms with Gasteiger partial charge < -0.3 is 19.0 Å². The van der Waals surface area contributed by atoms with Crippen molar-refractivity contribution in [1.82, 2.24) is 0 Å². The van der Waals surface area contributed by atoms with E-state index >= 15 is 0 Å². The number of fused-ring (bicyclic) bond motifs is 1. The number of Topliss-reactive ketones (excluding diaryl/α,β-unsaturated/α-hetero) is 1. The Morgan fingerprint density at radius 1 is 0.944 bits per heavy atom. The summed E-state index contributed by atoms with van der Waals surface area (Å²) >= 11 is 0. The summed E-state index contributed by atoms with van der Waals surface area (Å²) in [5.74, 6) is -0.719. The van der Waals surface area contributed by atoms with E-state index in [0.29, 0.717) is 33.7 Å². The zero-order valence-corrected chi connectivity index (χ0v) is 20.4. The quantitative estimate of drug-likeness (QED) is 0.346. The van der Waals surface area contributed by atoms with E-state index in [1.54, 1.807) is 55.6 Å². The molecule has 1 aliphatic heterocycles. The highest BCUT2D eigenvalue weighted by Gasteiger charge is 2.45. The maximum absolute atomic E-state index is 13.8. The standard InChI is InChI=1S/C29H25NO6/c1-16-12-17(2)14-20(13-16)30-25(18-8-10-21(34-3)11-9-18)24(27(32)29(30)33)26(31)23-15-19-6-5-7-22(35-4)28(19)36-23/h5-15,25,32H,1-4H3. The molecule has 0 bridgehead atoms. The second kappa shape index (κ2) is 8.92. The summed E-state index contributed by atoms with van der Waals surface area (Å²) in [6.45, 7) is 3.86. The van der Waals surface area contributed by atoms with Crippen molar-refractivity contribution in [1.29, 1.82) is 0 Å². The van der Waals surface area contributed by atoms with Crippen molar-refractivity contribution in [3.8, 4) is 11.5 Å². The minimum Gasteiger partial charge on any atom is -0.503 e. The van der Waals surface area contributed by atoms with Gasteiger partial charge in [0.1, 0.15) is 5.75 Å². The molecule has 1 N–H and O–H groups in total. The highest BCUT2D eigenvalue weighted by atomic mass is 16.5. The molecule has 0 saturated heterocycles. The highest BCUT2D eigenvalue weighted by molar-refractivity contribution is 6.20. The molecule has 0 saturated carbocycles. The van der Waals surface area contributed by atoms with E-state index in [4.69, 9.17) is 13.9 Å². The van der Waals surface area contributed by atoms with Crippen LogP contribution in [-0.2, 0) is 4.79 Å². The zero-order valence-electron chi connectivity index (χ0n) is 20.4. The van der Waals surface area contributed by atoms with Crippen LogP contribution < -0.4 is 14.4 Å². The number of nitrogens with zero attached hydrogens (tertiary/aromatic N) is 1. The van der Waals surface area contributed by atoms with Crippen LogP contribution in [0.1, 0.15) is 33.3 Å². The number of methoxy groups -OCH3 is 2. The van der Waals surface area contributed by atoms with Crippen molar-refractivity contribution in [2.45, 2.75) is 19.9 Å². The Morgan fingerprint density at radius 2 is 1.64 bits per heavy atom. The van der Waals surface area contributed by atoms with Crippen LogP contribution in [0.15, 0.2) is 82.5 Å². The second-order valence-electron chi connectivity index (χ2n) is 8.78. The van der Waals surface area contributed by atoms with Crippen LogP contribution in [0.3, 0.4) is 0 Å². The Balaban J connectivity index is 1.67. The fraction of sp³-hybridized carbons (Fsp3) is 0.172. The lowest BCUT2D eigenvalue weighted by atomic mass is 9.94. The Kier molecular flexibility index (Phi) is 5.76. The average Bonchev–Trinajstić information content (AvgIpc) is 3.42. The first-order chi connectivity index (χ1) is 17.3. The number of furan rings is 1. The van der Waals surface area contributed by atoms with E-state index in [0.717, 1.165) is 11.1 Å². The van der Waals surface area contributed by atoms with Gasteiger partial charge in [-0.3, -0.25) is 14.5 Å². The number of rotatable bonds is 6. The molecule has 0 spiro atoms. The Bertz CT molecular complexity index is 1510. The van der Waals surface area contributed by atoms with Gasteiger partial charge in [-0.2, -0.15) is 0 Å². The van der Waals surface area contributed by atoms with Gasteiger partial charge in [0.25, 0.3) is 5.91 Å². The van der Waals surface area contributed by atoms with E-state index in [-0.39, 0.29) is 11.3 Å². The molecule has 7 heteroatoms. The number of aryl methyl sites for hydroxylation is 2. The van der Waals surface area contributed by atoms with Crippen LogP contribution in [0.25, 0.3) is 11.0 Å². The fourth-order valence-electron chi connectivity index (χ4n) is 4.74. The number of ether oxygens (including phenoxy) is 2. The fourth-order valence-corrected chi connectivity index (χ4v) is 4.74. The molecule has 4 aromatic rings. The lowest BCUT2D eigenvalue weighted by Gasteiger charge is -2.27. The predicted octanol–water partition coefficient (Wildman–Crippen LogP) is 5.85. The Labute approximate surface area is 208 Å². The van der Waals surface area contributed by atoms with Gasteiger partial charge in [-0.25, -0.2) is 0 Å². The molecule has 1 aromatic heterocycles.